The fourth-order valence-electron chi connectivity index (χ4n) is 14.3. The van der Waals surface area contributed by atoms with Crippen molar-refractivity contribution in [1.82, 2.24) is 4.57 Å². The molecule has 0 saturated heterocycles. The molecule has 1 aromatic heterocycles. The van der Waals surface area contributed by atoms with E-state index < -0.39 is 5.41 Å². The first kappa shape index (κ1) is 44.5. The van der Waals surface area contributed by atoms with E-state index in [0.717, 1.165) is 56.1 Å². The SMILES string of the molecule is CC1(C)c2ccccc2-c2c1ccc1c2-c2ccccc2C12c1ccccc1-c1ccc(-c3cc(-c4ccccc4)cc(N(c4ccccc4-c4ccccc4)c4cccc5c6ccccc6n(-c6ccccc6)c45)c3)cc12. The Morgan fingerprint density at radius 2 is 0.833 bits per heavy atom. The molecule has 3 aliphatic carbocycles. The van der Waals surface area contributed by atoms with Crippen molar-refractivity contribution in [3.05, 3.63) is 312 Å². The summed E-state index contributed by atoms with van der Waals surface area (Å²) in [5, 5.41) is 2.42. The highest BCUT2D eigenvalue weighted by atomic mass is 15.2. The van der Waals surface area contributed by atoms with Gasteiger partial charge in [0.15, 0.2) is 0 Å². The number of rotatable bonds is 7. The predicted molar refractivity (Wildman–Crippen MR) is 326 cm³/mol. The Labute approximate surface area is 455 Å². The molecule has 1 heterocycles. The zero-order chi connectivity index (χ0) is 51.7. The molecule has 0 amide bonds. The molecule has 1 atom stereocenters. The normalized spacial score (nSPS) is 14.9. The molecule has 1 unspecified atom stereocenters. The number of fused-ring (bicyclic) bond motifs is 17. The standard InChI is InChI=1S/C76H52N2/c1-75(2)63-35-17-13-32-61(63)72-66(75)43-44-67-73(72)62-33-14-19-37-65(62)76(67)64-36-18-12-30-57(64)58-42-41-51(48-68(58)76)53-45-52(49-23-6-3-7-24-49)46-55(47-53)77(69-38-20-15-29-56(69)50-25-8-4-9-26-50)71-40-22-34-60-59-31-16-21-39-70(59)78(74(60)71)54-27-10-5-11-28-54/h3-48H,1-2H3. The Bertz CT molecular complexity index is 4580. The summed E-state index contributed by atoms with van der Waals surface area (Å²) in [5.74, 6) is 0. The highest BCUT2D eigenvalue weighted by Gasteiger charge is 2.53. The Kier molecular flexibility index (Phi) is 9.63. The lowest BCUT2D eigenvalue weighted by Gasteiger charge is -2.31. The fraction of sp³-hybridized carbons (Fsp3) is 0.0526. The van der Waals surface area contributed by atoms with Crippen LogP contribution in [0, 0.1) is 0 Å². The molecule has 16 rings (SSSR count). The van der Waals surface area contributed by atoms with E-state index in [-0.39, 0.29) is 5.41 Å². The molecule has 0 radical (unpaired) electrons. The minimum atomic E-state index is -0.536. The summed E-state index contributed by atoms with van der Waals surface area (Å²) in [7, 11) is 0. The maximum Gasteiger partial charge on any atom is 0.0782 e. The van der Waals surface area contributed by atoms with Gasteiger partial charge in [0.25, 0.3) is 0 Å². The van der Waals surface area contributed by atoms with Gasteiger partial charge in [0.1, 0.15) is 0 Å². The van der Waals surface area contributed by atoms with Gasteiger partial charge in [-0.1, -0.05) is 238 Å². The van der Waals surface area contributed by atoms with Crippen LogP contribution in [-0.2, 0) is 10.8 Å². The molecular formula is C76H52N2. The minimum absolute atomic E-state index is 0.120. The lowest BCUT2D eigenvalue weighted by atomic mass is 9.69. The van der Waals surface area contributed by atoms with Crippen LogP contribution in [0.5, 0.6) is 0 Å². The van der Waals surface area contributed by atoms with Crippen LogP contribution in [-0.4, -0.2) is 4.57 Å². The number of aromatic nitrogens is 1. The number of para-hydroxylation sites is 4. The summed E-state index contributed by atoms with van der Waals surface area (Å²) in [6.45, 7) is 4.80. The summed E-state index contributed by atoms with van der Waals surface area (Å²) >= 11 is 0. The van der Waals surface area contributed by atoms with E-state index >= 15 is 0 Å². The molecule has 366 valence electrons. The smallest absolute Gasteiger partial charge is 0.0782 e. The summed E-state index contributed by atoms with van der Waals surface area (Å²) in [5.41, 5.74) is 29.2. The number of nitrogens with zero attached hydrogens (tertiary/aromatic N) is 2. The third-order valence-corrected chi connectivity index (χ3v) is 17.6. The van der Waals surface area contributed by atoms with Crippen molar-refractivity contribution in [1.29, 1.82) is 0 Å². The van der Waals surface area contributed by atoms with Gasteiger partial charge in [-0.25, -0.2) is 0 Å². The monoisotopic (exact) mass is 992 g/mol. The fourth-order valence-corrected chi connectivity index (χ4v) is 14.3. The van der Waals surface area contributed by atoms with Crippen LogP contribution in [0.15, 0.2) is 279 Å². The van der Waals surface area contributed by atoms with Crippen molar-refractivity contribution in [3.8, 4) is 72.4 Å². The van der Waals surface area contributed by atoms with E-state index in [1.165, 1.54) is 88.6 Å². The van der Waals surface area contributed by atoms with E-state index in [2.05, 4.69) is 302 Å². The van der Waals surface area contributed by atoms with Crippen LogP contribution >= 0.6 is 0 Å². The van der Waals surface area contributed by atoms with Gasteiger partial charge in [-0.05, 0) is 149 Å². The number of hydrogen-bond acceptors (Lipinski definition) is 1. The van der Waals surface area contributed by atoms with Gasteiger partial charge in [-0.2, -0.15) is 0 Å². The van der Waals surface area contributed by atoms with Gasteiger partial charge in [0, 0.05) is 33.1 Å². The molecule has 0 bridgehead atoms. The van der Waals surface area contributed by atoms with Crippen LogP contribution in [0.1, 0.15) is 47.2 Å². The molecular weight excluding hydrogens is 941 g/mol. The van der Waals surface area contributed by atoms with Gasteiger partial charge in [-0.15, -0.1) is 0 Å². The van der Waals surface area contributed by atoms with Crippen LogP contribution in [0.2, 0.25) is 0 Å². The molecule has 78 heavy (non-hydrogen) atoms. The second-order valence-electron chi connectivity index (χ2n) is 21.9. The summed E-state index contributed by atoms with van der Waals surface area (Å²) in [6.07, 6.45) is 0. The van der Waals surface area contributed by atoms with Gasteiger partial charge < -0.3 is 9.47 Å². The summed E-state index contributed by atoms with van der Waals surface area (Å²) in [4.78, 5) is 2.53. The molecule has 2 heteroatoms. The molecule has 0 N–H and O–H groups in total. The van der Waals surface area contributed by atoms with Crippen molar-refractivity contribution in [2.75, 3.05) is 4.90 Å². The lowest BCUT2D eigenvalue weighted by Crippen LogP contribution is -2.26. The average Bonchev–Trinajstić information content (AvgIpc) is 4.22. The summed E-state index contributed by atoms with van der Waals surface area (Å²) < 4.78 is 2.46. The van der Waals surface area contributed by atoms with Gasteiger partial charge >= 0.3 is 0 Å². The highest BCUT2D eigenvalue weighted by molar-refractivity contribution is 6.15. The number of benzene rings is 12. The Morgan fingerprint density at radius 1 is 0.308 bits per heavy atom. The zero-order valence-electron chi connectivity index (χ0n) is 43.5. The minimum Gasteiger partial charge on any atom is -0.308 e. The van der Waals surface area contributed by atoms with E-state index in [9.17, 15) is 0 Å². The maximum absolute atomic E-state index is 2.55. The lowest BCUT2D eigenvalue weighted by molar-refractivity contribution is 0.660. The first-order valence-electron chi connectivity index (χ1n) is 27.3. The van der Waals surface area contributed by atoms with E-state index in [0.29, 0.717) is 0 Å². The van der Waals surface area contributed by atoms with Gasteiger partial charge in [-0.3, -0.25) is 0 Å². The van der Waals surface area contributed by atoms with Crippen LogP contribution in [0.3, 0.4) is 0 Å². The van der Waals surface area contributed by atoms with Gasteiger partial charge in [0.05, 0.1) is 27.8 Å². The Morgan fingerprint density at radius 3 is 1.59 bits per heavy atom. The largest absolute Gasteiger partial charge is 0.308 e. The van der Waals surface area contributed by atoms with Crippen molar-refractivity contribution >= 4 is 38.9 Å². The quantitative estimate of drug-likeness (QED) is 0.154. The zero-order valence-corrected chi connectivity index (χ0v) is 43.5. The molecule has 0 saturated carbocycles. The maximum atomic E-state index is 2.55. The number of anilines is 3. The molecule has 13 aromatic rings. The first-order chi connectivity index (χ1) is 38.5. The van der Waals surface area contributed by atoms with Crippen LogP contribution < -0.4 is 4.90 Å². The predicted octanol–water partition coefficient (Wildman–Crippen LogP) is 19.9. The van der Waals surface area contributed by atoms with E-state index in [1.54, 1.807) is 0 Å². The molecule has 1 spiro atoms. The van der Waals surface area contributed by atoms with Gasteiger partial charge in [0.2, 0.25) is 0 Å². The number of hydrogen-bond donors (Lipinski definition) is 0. The van der Waals surface area contributed by atoms with Crippen LogP contribution in [0.4, 0.5) is 17.1 Å². The second-order valence-corrected chi connectivity index (χ2v) is 21.9. The Hall–Kier alpha value is -9.76. The second kappa shape index (κ2) is 16.9. The molecule has 0 fully saturated rings. The first-order valence-corrected chi connectivity index (χ1v) is 27.3. The topological polar surface area (TPSA) is 8.17 Å². The average molecular weight is 993 g/mol. The third kappa shape index (κ3) is 6.20. The highest BCUT2D eigenvalue weighted by Crippen LogP contribution is 2.66. The van der Waals surface area contributed by atoms with E-state index in [4.69, 9.17) is 0 Å². The third-order valence-electron chi connectivity index (χ3n) is 17.6. The van der Waals surface area contributed by atoms with Crippen molar-refractivity contribution in [3.63, 3.8) is 0 Å². The van der Waals surface area contributed by atoms with E-state index in [1.807, 2.05) is 0 Å². The Balaban J connectivity index is 0.980. The van der Waals surface area contributed by atoms with Crippen molar-refractivity contribution in [2.45, 2.75) is 24.7 Å². The molecule has 3 aliphatic rings. The molecule has 2 nitrogen and oxygen atoms in total. The van der Waals surface area contributed by atoms with Crippen molar-refractivity contribution < 1.29 is 0 Å². The van der Waals surface area contributed by atoms with Crippen molar-refractivity contribution in [2.24, 2.45) is 0 Å². The molecule has 12 aromatic carbocycles. The summed E-state index contributed by atoms with van der Waals surface area (Å²) in [6, 6.07) is 104. The van der Waals surface area contributed by atoms with Crippen LogP contribution in [0.25, 0.3) is 94.3 Å². The molecule has 0 aliphatic heterocycles.